The molecule has 0 radical (unpaired) electrons. The van der Waals surface area contributed by atoms with Crippen molar-refractivity contribution >= 4 is 0 Å². The van der Waals surface area contributed by atoms with E-state index in [1.54, 1.807) is 6.07 Å². The molecule has 0 saturated carbocycles. The normalized spacial score (nSPS) is 9.81. The Hall–Kier alpha value is -1.60. The number of unbranched alkanes of at least 4 members (excludes halogenated alkanes) is 2. The molecule has 0 aliphatic rings. The first kappa shape index (κ1) is 12.5. The van der Waals surface area contributed by atoms with Crippen molar-refractivity contribution in [3.05, 3.63) is 29.6 Å². The first-order valence-electron chi connectivity index (χ1n) is 5.17. The summed E-state index contributed by atoms with van der Waals surface area (Å²) in [6.07, 6.45) is 1.98. The summed E-state index contributed by atoms with van der Waals surface area (Å²) in [6, 6.07) is 6.41. The molecule has 1 aromatic rings. The summed E-state index contributed by atoms with van der Waals surface area (Å²) in [7, 11) is 0. The Labute approximate surface area is 94.1 Å². The van der Waals surface area contributed by atoms with E-state index < -0.39 is 5.82 Å². The largest absolute Gasteiger partial charge is 0.491 e. The summed E-state index contributed by atoms with van der Waals surface area (Å²) in [6.45, 7) is 0.219. The molecule has 0 heterocycles. The molecule has 1 N–H and O–H groups in total. The number of halogens is 1. The van der Waals surface area contributed by atoms with Gasteiger partial charge in [0.05, 0.1) is 19.3 Å². The second kappa shape index (κ2) is 6.81. The van der Waals surface area contributed by atoms with Gasteiger partial charge in [-0.1, -0.05) is 6.07 Å². The van der Waals surface area contributed by atoms with Gasteiger partial charge in [0.1, 0.15) is 0 Å². The van der Waals surface area contributed by atoms with Crippen LogP contribution in [0.25, 0.3) is 0 Å². The lowest BCUT2D eigenvalue weighted by atomic mass is 10.2. The van der Waals surface area contributed by atoms with Gasteiger partial charge in [0, 0.05) is 6.42 Å². The Bertz CT molecular complexity index is 374. The van der Waals surface area contributed by atoms with Crippen molar-refractivity contribution < 1.29 is 14.2 Å². The topological polar surface area (TPSA) is 53.2 Å². The van der Waals surface area contributed by atoms with Gasteiger partial charge in [-0.05, 0) is 30.5 Å². The lowest BCUT2D eigenvalue weighted by molar-refractivity contribution is 0.277. The van der Waals surface area contributed by atoms with E-state index in [0.29, 0.717) is 18.6 Å². The molecular formula is C12H14FNO2. The molecule has 0 aliphatic heterocycles. The van der Waals surface area contributed by atoms with Crippen LogP contribution in [0.2, 0.25) is 0 Å². The number of nitrogens with zero attached hydrogens (tertiary/aromatic N) is 1. The highest BCUT2D eigenvalue weighted by Gasteiger charge is 2.03. The summed E-state index contributed by atoms with van der Waals surface area (Å²) < 4.78 is 18.5. The Morgan fingerprint density at radius 2 is 2.19 bits per heavy atom. The number of nitriles is 1. The van der Waals surface area contributed by atoms with Crippen LogP contribution in [0.4, 0.5) is 4.39 Å². The highest BCUT2D eigenvalue weighted by Crippen LogP contribution is 2.18. The molecule has 0 saturated heterocycles. The molecule has 0 bridgehead atoms. The highest BCUT2D eigenvalue weighted by molar-refractivity contribution is 5.28. The van der Waals surface area contributed by atoms with Gasteiger partial charge in [-0.25, -0.2) is 4.39 Å². The average Bonchev–Trinajstić information content (AvgIpc) is 2.30. The number of aliphatic hydroxyl groups excluding tert-OH is 1. The Kier molecular flexibility index (Phi) is 5.30. The minimum atomic E-state index is -0.466. The first-order chi connectivity index (χ1) is 7.77. The third-order valence-electron chi connectivity index (χ3n) is 2.12. The van der Waals surface area contributed by atoms with Crippen molar-refractivity contribution in [3.63, 3.8) is 0 Å². The molecule has 86 valence electrons. The fourth-order valence-electron chi connectivity index (χ4n) is 1.25. The molecule has 0 atom stereocenters. The Morgan fingerprint density at radius 3 is 2.81 bits per heavy atom. The second-order valence-corrected chi connectivity index (χ2v) is 3.39. The zero-order chi connectivity index (χ0) is 11.8. The number of hydrogen-bond donors (Lipinski definition) is 1. The van der Waals surface area contributed by atoms with Crippen molar-refractivity contribution in [1.29, 1.82) is 5.26 Å². The molecule has 3 nitrogen and oxygen atoms in total. The average molecular weight is 223 g/mol. The minimum absolute atomic E-state index is 0.181. The fourth-order valence-corrected chi connectivity index (χ4v) is 1.25. The van der Waals surface area contributed by atoms with Crippen molar-refractivity contribution in [2.45, 2.75) is 25.9 Å². The maximum atomic E-state index is 13.3. The Balaban J connectivity index is 2.40. The van der Waals surface area contributed by atoms with E-state index >= 15 is 0 Å². The van der Waals surface area contributed by atoms with Crippen LogP contribution >= 0.6 is 0 Å². The summed E-state index contributed by atoms with van der Waals surface area (Å²) in [5.41, 5.74) is 0.523. The molecule has 0 aliphatic carbocycles. The smallest absolute Gasteiger partial charge is 0.165 e. The van der Waals surface area contributed by atoms with Crippen molar-refractivity contribution in [3.8, 4) is 11.8 Å². The molecule has 0 aromatic heterocycles. The van der Waals surface area contributed by atoms with Gasteiger partial charge in [0.25, 0.3) is 0 Å². The maximum absolute atomic E-state index is 13.3. The molecule has 0 spiro atoms. The van der Waals surface area contributed by atoms with Crippen LogP contribution in [-0.4, -0.2) is 11.7 Å². The number of hydrogen-bond acceptors (Lipinski definition) is 3. The van der Waals surface area contributed by atoms with Crippen LogP contribution in [0.1, 0.15) is 24.8 Å². The van der Waals surface area contributed by atoms with Crippen molar-refractivity contribution in [2.24, 2.45) is 0 Å². The SMILES string of the molecule is N#CCCCCOc1ccc(CO)cc1F. The van der Waals surface area contributed by atoms with E-state index in [2.05, 4.69) is 0 Å². The molecular weight excluding hydrogens is 209 g/mol. The van der Waals surface area contributed by atoms with E-state index in [4.69, 9.17) is 15.1 Å². The van der Waals surface area contributed by atoms with Gasteiger partial charge < -0.3 is 9.84 Å². The van der Waals surface area contributed by atoms with Crippen LogP contribution in [0, 0.1) is 17.1 Å². The van der Waals surface area contributed by atoms with Gasteiger partial charge in [-0.15, -0.1) is 0 Å². The van der Waals surface area contributed by atoms with E-state index in [-0.39, 0.29) is 12.4 Å². The van der Waals surface area contributed by atoms with Gasteiger partial charge in [-0.3, -0.25) is 0 Å². The zero-order valence-electron chi connectivity index (χ0n) is 8.95. The van der Waals surface area contributed by atoms with Crippen molar-refractivity contribution in [1.82, 2.24) is 0 Å². The van der Waals surface area contributed by atoms with Crippen LogP contribution in [-0.2, 0) is 6.61 Å². The molecule has 16 heavy (non-hydrogen) atoms. The number of rotatable bonds is 6. The lowest BCUT2D eigenvalue weighted by Gasteiger charge is -2.07. The fraction of sp³-hybridized carbons (Fsp3) is 0.417. The molecule has 1 rings (SSSR count). The highest BCUT2D eigenvalue weighted by atomic mass is 19.1. The zero-order valence-corrected chi connectivity index (χ0v) is 8.95. The van der Waals surface area contributed by atoms with Gasteiger partial charge >= 0.3 is 0 Å². The monoisotopic (exact) mass is 223 g/mol. The van der Waals surface area contributed by atoms with E-state index in [1.807, 2.05) is 6.07 Å². The van der Waals surface area contributed by atoms with Crippen LogP contribution < -0.4 is 4.74 Å². The first-order valence-corrected chi connectivity index (χ1v) is 5.17. The van der Waals surface area contributed by atoms with Crippen molar-refractivity contribution in [2.75, 3.05) is 6.61 Å². The number of ether oxygens (including phenoxy) is 1. The minimum Gasteiger partial charge on any atom is -0.491 e. The molecule has 1 aromatic carbocycles. The van der Waals surface area contributed by atoms with Crippen LogP contribution in [0.5, 0.6) is 5.75 Å². The lowest BCUT2D eigenvalue weighted by Crippen LogP contribution is -1.99. The summed E-state index contributed by atoms with van der Waals surface area (Å²) in [5.74, 6) is -0.277. The van der Waals surface area contributed by atoms with Gasteiger partial charge in [0.2, 0.25) is 0 Å². The van der Waals surface area contributed by atoms with E-state index in [1.165, 1.54) is 12.1 Å². The summed E-state index contributed by atoms with van der Waals surface area (Å²) in [4.78, 5) is 0. The molecule has 0 amide bonds. The maximum Gasteiger partial charge on any atom is 0.165 e. The molecule has 0 unspecified atom stereocenters. The second-order valence-electron chi connectivity index (χ2n) is 3.39. The standard InChI is InChI=1S/C12H14FNO2/c13-11-8-10(9-15)4-5-12(11)16-7-3-1-2-6-14/h4-5,8,15H,1-3,7,9H2. The molecule has 0 fully saturated rings. The van der Waals surface area contributed by atoms with E-state index in [0.717, 1.165) is 12.8 Å². The predicted octanol–water partition coefficient (Wildman–Crippen LogP) is 2.39. The van der Waals surface area contributed by atoms with Gasteiger partial charge in [-0.2, -0.15) is 5.26 Å². The summed E-state index contributed by atoms with van der Waals surface area (Å²) in [5, 5.41) is 17.1. The van der Waals surface area contributed by atoms with Crippen LogP contribution in [0.3, 0.4) is 0 Å². The number of benzene rings is 1. The summed E-state index contributed by atoms with van der Waals surface area (Å²) >= 11 is 0. The molecule has 4 heteroatoms. The van der Waals surface area contributed by atoms with E-state index in [9.17, 15) is 4.39 Å². The quantitative estimate of drug-likeness (QED) is 0.753. The third kappa shape index (κ3) is 3.87. The Morgan fingerprint density at radius 1 is 1.38 bits per heavy atom. The van der Waals surface area contributed by atoms with Gasteiger partial charge in [0.15, 0.2) is 11.6 Å². The van der Waals surface area contributed by atoms with Crippen LogP contribution in [0.15, 0.2) is 18.2 Å². The number of aliphatic hydroxyl groups is 1. The predicted molar refractivity (Wildman–Crippen MR) is 57.3 cm³/mol. The third-order valence-corrected chi connectivity index (χ3v) is 2.12.